The van der Waals surface area contributed by atoms with E-state index in [1.54, 1.807) is 31.2 Å². The Morgan fingerprint density at radius 2 is 1.45 bits per heavy atom. The number of phenols is 6. The van der Waals surface area contributed by atoms with Crippen LogP contribution in [0, 0.1) is 0 Å². The molecule has 10 heteroatoms. The number of carbonyl (C=O) groups excluding carboxylic acids is 1. The number of Topliss-reactive ketones (excluding diaryl/α,β-unsaturated/α-hetero) is 1. The first-order valence-electron chi connectivity index (χ1n) is 14.0. The van der Waals surface area contributed by atoms with Crippen molar-refractivity contribution in [1.82, 2.24) is 0 Å². The molecule has 4 aromatic rings. The van der Waals surface area contributed by atoms with Gasteiger partial charge in [0, 0.05) is 47.2 Å². The molecule has 10 nitrogen and oxygen atoms in total. The van der Waals surface area contributed by atoms with Gasteiger partial charge in [0.25, 0.3) is 5.79 Å². The minimum absolute atomic E-state index is 0.0305. The Kier molecular flexibility index (Phi) is 5.01. The zero-order valence-corrected chi connectivity index (χ0v) is 23.2. The lowest BCUT2D eigenvalue weighted by Crippen LogP contribution is -2.61. The van der Waals surface area contributed by atoms with Crippen LogP contribution in [-0.2, 0) is 15.3 Å². The molecule has 3 aliphatic heterocycles. The fourth-order valence-electron chi connectivity index (χ4n) is 7.36. The van der Waals surface area contributed by atoms with Gasteiger partial charge >= 0.3 is 0 Å². The zero-order chi connectivity index (χ0) is 30.8. The van der Waals surface area contributed by atoms with Gasteiger partial charge in [-0.05, 0) is 55.0 Å². The van der Waals surface area contributed by atoms with Crippen LogP contribution in [0.3, 0.4) is 0 Å². The fraction of sp³-hybridized carbons (Fsp3) is 0.206. The summed E-state index contributed by atoms with van der Waals surface area (Å²) in [7, 11) is 0. The molecule has 2 fully saturated rings. The molecule has 222 valence electrons. The predicted molar refractivity (Wildman–Crippen MR) is 155 cm³/mol. The number of fused-ring (bicyclic) bond motifs is 6. The Morgan fingerprint density at radius 1 is 0.750 bits per heavy atom. The van der Waals surface area contributed by atoms with Gasteiger partial charge < -0.3 is 44.8 Å². The minimum Gasteiger partial charge on any atom is -0.508 e. The van der Waals surface area contributed by atoms with E-state index < -0.39 is 28.8 Å². The first-order valence-corrected chi connectivity index (χ1v) is 14.0. The third-order valence-electron chi connectivity index (χ3n) is 9.31. The zero-order valence-electron chi connectivity index (χ0n) is 23.2. The lowest BCUT2D eigenvalue weighted by Gasteiger charge is -2.51. The quantitative estimate of drug-likeness (QED) is 0.139. The van der Waals surface area contributed by atoms with Gasteiger partial charge in [0.2, 0.25) is 0 Å². The number of phenolic OH excluding ortho intramolecular Hbond substituents is 6. The number of rotatable bonds is 3. The second-order valence-corrected chi connectivity index (χ2v) is 12.0. The Balaban J connectivity index is 1.34. The smallest absolute Gasteiger partial charge is 0.272 e. The summed E-state index contributed by atoms with van der Waals surface area (Å²) < 4.78 is 19.4. The number of carbonyl (C=O) groups is 1. The fourth-order valence-corrected chi connectivity index (χ4v) is 7.36. The Morgan fingerprint density at radius 3 is 2.20 bits per heavy atom. The van der Waals surface area contributed by atoms with Crippen LogP contribution in [0.4, 0.5) is 0 Å². The molecule has 0 amide bonds. The molecule has 0 radical (unpaired) electrons. The van der Waals surface area contributed by atoms with Crippen LogP contribution in [0.2, 0.25) is 0 Å². The molecule has 1 saturated carbocycles. The normalized spacial score (nSPS) is 29.1. The van der Waals surface area contributed by atoms with Gasteiger partial charge in [0.15, 0.2) is 17.0 Å². The molecule has 3 heterocycles. The molecule has 6 N–H and O–H groups in total. The molecule has 1 aliphatic carbocycles. The van der Waals surface area contributed by atoms with E-state index in [-0.39, 0.29) is 63.6 Å². The molecule has 2 bridgehead atoms. The maximum atomic E-state index is 14.5. The minimum atomic E-state index is -1.68. The summed E-state index contributed by atoms with van der Waals surface area (Å²) in [4.78, 5) is 14.5. The number of ether oxygens (including phenoxy) is 3. The van der Waals surface area contributed by atoms with Crippen molar-refractivity contribution >= 4 is 17.9 Å². The van der Waals surface area contributed by atoms with Crippen molar-refractivity contribution in [3.05, 3.63) is 94.5 Å². The summed E-state index contributed by atoms with van der Waals surface area (Å²) in [5.41, 5.74) is -0.756. The van der Waals surface area contributed by atoms with E-state index in [1.807, 2.05) is 0 Å². The van der Waals surface area contributed by atoms with Crippen molar-refractivity contribution in [2.45, 2.75) is 42.2 Å². The van der Waals surface area contributed by atoms with Crippen LogP contribution in [0.5, 0.6) is 46.0 Å². The molecule has 1 saturated heterocycles. The van der Waals surface area contributed by atoms with Gasteiger partial charge in [0.05, 0.1) is 11.5 Å². The molecule has 4 aromatic carbocycles. The SMILES string of the molecule is CC12CC(c3ccc(O)cc3O1)C13OC1(c1ccc(O)cc1O)Oc1cc(/C=C\c4ccc(O)cc4O)cc(O)c1C3C2=O. The van der Waals surface area contributed by atoms with Gasteiger partial charge in [-0.3, -0.25) is 4.79 Å². The maximum Gasteiger partial charge on any atom is 0.272 e. The summed E-state index contributed by atoms with van der Waals surface area (Å²) in [6, 6.07) is 16.0. The molecule has 5 atom stereocenters. The average Bonchev–Trinajstić information content (AvgIpc) is 3.63. The van der Waals surface area contributed by atoms with Crippen LogP contribution in [0.25, 0.3) is 12.2 Å². The first kappa shape index (κ1) is 26.3. The Labute approximate surface area is 250 Å². The van der Waals surface area contributed by atoms with Crippen LogP contribution in [-0.4, -0.2) is 47.6 Å². The van der Waals surface area contributed by atoms with E-state index in [9.17, 15) is 35.4 Å². The molecule has 8 rings (SSSR count). The van der Waals surface area contributed by atoms with Crippen LogP contribution < -0.4 is 9.47 Å². The van der Waals surface area contributed by atoms with Gasteiger partial charge in [0.1, 0.15) is 46.0 Å². The highest BCUT2D eigenvalue weighted by Gasteiger charge is 2.87. The predicted octanol–water partition coefficient (Wildman–Crippen LogP) is 5.10. The standard InChI is InChI=1S/C34H26O10/c1-32-15-23(21-8-6-20(37)14-27(21)42-32)33-30(31(32)41)29-26(40)10-16(2-3-17-4-5-18(35)12-24(17)38)11-28(29)43-34(33,44-33)22-9-7-19(36)13-25(22)39/h2-14,23,30,35-40H,15H2,1H3/b3-2-. The number of ketones is 1. The molecular weight excluding hydrogens is 568 g/mol. The third kappa shape index (κ3) is 3.31. The molecule has 44 heavy (non-hydrogen) atoms. The molecule has 0 aromatic heterocycles. The highest BCUT2D eigenvalue weighted by atomic mass is 16.8. The highest BCUT2D eigenvalue weighted by Crippen LogP contribution is 2.77. The van der Waals surface area contributed by atoms with Gasteiger partial charge in [-0.1, -0.05) is 18.2 Å². The van der Waals surface area contributed by atoms with Crippen molar-refractivity contribution < 1.29 is 49.6 Å². The van der Waals surface area contributed by atoms with Gasteiger partial charge in [-0.15, -0.1) is 0 Å². The summed E-state index contributed by atoms with van der Waals surface area (Å²) in [6.45, 7) is 1.68. The van der Waals surface area contributed by atoms with Crippen LogP contribution >= 0.6 is 0 Å². The lowest BCUT2D eigenvalue weighted by molar-refractivity contribution is -0.145. The van der Waals surface area contributed by atoms with E-state index >= 15 is 0 Å². The largest absolute Gasteiger partial charge is 0.508 e. The lowest BCUT2D eigenvalue weighted by atomic mass is 9.56. The van der Waals surface area contributed by atoms with Crippen LogP contribution in [0.1, 0.15) is 53.0 Å². The number of hydrogen-bond donors (Lipinski definition) is 6. The van der Waals surface area contributed by atoms with E-state index in [4.69, 9.17) is 14.2 Å². The first-order chi connectivity index (χ1) is 21.0. The summed E-state index contributed by atoms with van der Waals surface area (Å²) in [5, 5.41) is 62.6. The van der Waals surface area contributed by atoms with E-state index in [0.29, 0.717) is 22.4 Å². The third-order valence-corrected chi connectivity index (χ3v) is 9.31. The van der Waals surface area contributed by atoms with Crippen molar-refractivity contribution in [2.75, 3.05) is 0 Å². The highest BCUT2D eigenvalue weighted by molar-refractivity contribution is 5.99. The van der Waals surface area contributed by atoms with E-state index in [2.05, 4.69) is 0 Å². The van der Waals surface area contributed by atoms with Crippen molar-refractivity contribution in [1.29, 1.82) is 0 Å². The molecule has 4 aliphatic rings. The molecular formula is C34H26O10. The molecule has 1 spiro atoms. The van der Waals surface area contributed by atoms with E-state index in [1.165, 1.54) is 54.6 Å². The second kappa shape index (κ2) is 8.39. The number of epoxide rings is 1. The second-order valence-electron chi connectivity index (χ2n) is 12.0. The molecule has 5 unspecified atom stereocenters. The monoisotopic (exact) mass is 594 g/mol. The van der Waals surface area contributed by atoms with E-state index in [0.717, 1.165) is 0 Å². The van der Waals surface area contributed by atoms with Gasteiger partial charge in [-0.2, -0.15) is 0 Å². The Bertz CT molecular complexity index is 1970. The van der Waals surface area contributed by atoms with Crippen LogP contribution in [0.15, 0.2) is 66.7 Å². The number of hydrogen-bond acceptors (Lipinski definition) is 10. The topological polar surface area (TPSA) is 169 Å². The summed E-state index contributed by atoms with van der Waals surface area (Å²) >= 11 is 0. The van der Waals surface area contributed by atoms with Crippen molar-refractivity contribution in [2.24, 2.45) is 0 Å². The maximum absolute atomic E-state index is 14.5. The summed E-state index contributed by atoms with van der Waals surface area (Å²) in [5.74, 6) is -4.11. The van der Waals surface area contributed by atoms with Crippen molar-refractivity contribution in [3.63, 3.8) is 0 Å². The van der Waals surface area contributed by atoms with Gasteiger partial charge in [-0.25, -0.2) is 0 Å². The number of aromatic hydroxyl groups is 6. The number of benzene rings is 4. The summed E-state index contributed by atoms with van der Waals surface area (Å²) in [6.07, 6.45) is 3.44. The Hall–Kier alpha value is -5.35. The average molecular weight is 595 g/mol. The van der Waals surface area contributed by atoms with Crippen molar-refractivity contribution in [3.8, 4) is 46.0 Å².